The Labute approximate surface area is 99.5 Å². The maximum atomic E-state index is 12.9. The van der Waals surface area contributed by atoms with E-state index in [0.29, 0.717) is 0 Å². The zero-order valence-electron chi connectivity index (χ0n) is 9.08. The molecular weight excluding hydrogens is 271 g/mol. The molecule has 0 aliphatic carbocycles. The Morgan fingerprint density at radius 1 is 1.12 bits per heavy atom. The van der Waals surface area contributed by atoms with Crippen molar-refractivity contribution < 1.29 is 20.7 Å². The number of nitrogens with zero attached hydrogens (tertiary/aromatic N) is 1. The molecule has 0 aromatic heterocycles. The number of nitrogens with one attached hydrogen (secondary N) is 1. The van der Waals surface area contributed by atoms with Crippen molar-refractivity contribution >= 4 is 26.1 Å². The van der Waals surface area contributed by atoms with Crippen LogP contribution in [-0.4, -0.2) is 35.2 Å². The Morgan fingerprint density at radius 3 is 2.12 bits per heavy atom. The van der Waals surface area contributed by atoms with Crippen molar-refractivity contribution in [2.24, 2.45) is 0 Å². The molecule has 0 fully saturated rings. The highest BCUT2D eigenvalue weighted by Crippen LogP contribution is 2.23. The molecule has 6 nitrogen and oxygen atoms in total. The third-order valence-electron chi connectivity index (χ3n) is 1.87. The number of hydrogen-bond acceptors (Lipinski definition) is 4. The van der Waals surface area contributed by atoms with Crippen molar-refractivity contribution in [3.05, 3.63) is 24.3 Å². The summed E-state index contributed by atoms with van der Waals surface area (Å²) in [7, 11) is -6.34. The summed E-state index contributed by atoms with van der Waals surface area (Å²) in [5.74, 6) is 0. The van der Waals surface area contributed by atoms with Gasteiger partial charge in [-0.15, -0.1) is 3.89 Å². The van der Waals surface area contributed by atoms with Crippen LogP contribution in [0.15, 0.2) is 29.2 Å². The van der Waals surface area contributed by atoms with Crippen LogP contribution in [0.2, 0.25) is 0 Å². The Balaban J connectivity index is 3.27. The number of anilines is 1. The van der Waals surface area contributed by atoms with Gasteiger partial charge in [-0.1, -0.05) is 12.1 Å². The SMILES string of the molecule is CN(C)S(=O)(=O)Nc1ccccc1S(=O)(=O)F. The van der Waals surface area contributed by atoms with Crippen LogP contribution < -0.4 is 4.72 Å². The summed E-state index contributed by atoms with van der Waals surface area (Å²) in [5.41, 5.74) is -0.330. The van der Waals surface area contributed by atoms with Gasteiger partial charge in [-0.2, -0.15) is 21.1 Å². The Kier molecular flexibility index (Phi) is 3.74. The van der Waals surface area contributed by atoms with Crippen molar-refractivity contribution in [3.8, 4) is 0 Å². The average molecular weight is 282 g/mol. The first kappa shape index (κ1) is 13.9. The van der Waals surface area contributed by atoms with E-state index in [4.69, 9.17) is 0 Å². The van der Waals surface area contributed by atoms with Crippen LogP contribution in [0.1, 0.15) is 0 Å². The first-order valence-corrected chi connectivity index (χ1v) is 7.21. The first-order valence-electron chi connectivity index (χ1n) is 4.38. The molecule has 1 aromatic rings. The molecule has 0 unspecified atom stereocenters. The minimum atomic E-state index is -4.98. The number of benzene rings is 1. The van der Waals surface area contributed by atoms with Crippen molar-refractivity contribution in [1.29, 1.82) is 0 Å². The zero-order valence-corrected chi connectivity index (χ0v) is 10.7. The Morgan fingerprint density at radius 2 is 1.65 bits per heavy atom. The lowest BCUT2D eigenvalue weighted by molar-refractivity contribution is 0.526. The normalized spacial score (nSPS) is 12.7. The van der Waals surface area contributed by atoms with Gasteiger partial charge in [0.15, 0.2) is 0 Å². The number of rotatable bonds is 4. The van der Waals surface area contributed by atoms with E-state index in [1.807, 2.05) is 4.72 Å². The van der Waals surface area contributed by atoms with Gasteiger partial charge in [0.05, 0.1) is 5.69 Å². The van der Waals surface area contributed by atoms with Gasteiger partial charge in [-0.25, -0.2) is 0 Å². The number of hydrogen-bond donors (Lipinski definition) is 1. The van der Waals surface area contributed by atoms with Crippen LogP contribution in [0, 0.1) is 0 Å². The third-order valence-corrected chi connectivity index (χ3v) is 4.19. The summed E-state index contributed by atoms with van der Waals surface area (Å²) in [5, 5.41) is 0. The second-order valence-corrected chi connectivity index (χ2v) is 6.52. The third kappa shape index (κ3) is 3.38. The van der Waals surface area contributed by atoms with E-state index in [-0.39, 0.29) is 5.69 Å². The van der Waals surface area contributed by atoms with Gasteiger partial charge in [0.25, 0.3) is 0 Å². The molecule has 1 N–H and O–H groups in total. The molecule has 0 saturated heterocycles. The lowest BCUT2D eigenvalue weighted by Crippen LogP contribution is -2.29. The summed E-state index contributed by atoms with van der Waals surface area (Å²) in [6.45, 7) is 0. The van der Waals surface area contributed by atoms with Gasteiger partial charge in [-0.3, -0.25) is 4.72 Å². The van der Waals surface area contributed by atoms with Gasteiger partial charge in [0.1, 0.15) is 4.90 Å². The van der Waals surface area contributed by atoms with Crippen LogP contribution in [-0.2, 0) is 20.4 Å². The van der Waals surface area contributed by atoms with E-state index in [2.05, 4.69) is 0 Å². The molecule has 0 radical (unpaired) electrons. The molecular formula is C8H11FN2O4S2. The van der Waals surface area contributed by atoms with Crippen molar-refractivity contribution in [2.75, 3.05) is 18.8 Å². The molecule has 0 spiro atoms. The van der Waals surface area contributed by atoms with Crippen LogP contribution in [0.4, 0.5) is 9.57 Å². The Hall–Kier alpha value is -1.19. The predicted molar refractivity (Wildman–Crippen MR) is 61.0 cm³/mol. The molecule has 1 aromatic carbocycles. The van der Waals surface area contributed by atoms with E-state index in [1.54, 1.807) is 0 Å². The summed E-state index contributed by atoms with van der Waals surface area (Å²) in [6, 6.07) is 4.82. The highest BCUT2D eigenvalue weighted by Gasteiger charge is 2.21. The standard InChI is InChI=1S/C8H11FN2O4S2/c1-11(2)17(14,15)10-7-5-3-4-6-8(7)16(9,12)13/h3-6,10H,1-2H3. The maximum Gasteiger partial charge on any atom is 0.334 e. The van der Waals surface area contributed by atoms with E-state index < -0.39 is 25.3 Å². The van der Waals surface area contributed by atoms with Gasteiger partial charge < -0.3 is 0 Å². The molecule has 17 heavy (non-hydrogen) atoms. The van der Waals surface area contributed by atoms with Gasteiger partial charge >= 0.3 is 20.4 Å². The van der Waals surface area contributed by atoms with Crippen LogP contribution in [0.25, 0.3) is 0 Å². The molecule has 0 bridgehead atoms. The molecule has 0 amide bonds. The minimum absolute atomic E-state index is 0.330. The number of halogens is 1. The van der Waals surface area contributed by atoms with Crippen LogP contribution in [0.5, 0.6) is 0 Å². The molecule has 0 aliphatic rings. The molecule has 0 saturated carbocycles. The van der Waals surface area contributed by atoms with Gasteiger partial charge in [0.2, 0.25) is 0 Å². The topological polar surface area (TPSA) is 83.6 Å². The summed E-state index contributed by atoms with van der Waals surface area (Å²) in [4.78, 5) is -0.717. The fourth-order valence-corrected chi connectivity index (χ4v) is 2.32. The van der Waals surface area contributed by atoms with Crippen molar-refractivity contribution in [2.45, 2.75) is 4.90 Å². The fourth-order valence-electron chi connectivity index (χ4n) is 0.994. The highest BCUT2D eigenvalue weighted by atomic mass is 32.3. The van der Waals surface area contributed by atoms with Gasteiger partial charge in [0, 0.05) is 14.1 Å². The smallest absolute Gasteiger partial charge is 0.270 e. The van der Waals surface area contributed by atoms with E-state index in [1.165, 1.54) is 26.2 Å². The van der Waals surface area contributed by atoms with E-state index in [9.17, 15) is 20.7 Å². The monoisotopic (exact) mass is 282 g/mol. The lowest BCUT2D eigenvalue weighted by atomic mass is 10.3. The highest BCUT2D eigenvalue weighted by molar-refractivity contribution is 7.90. The second-order valence-electron chi connectivity index (χ2n) is 3.32. The van der Waals surface area contributed by atoms with E-state index in [0.717, 1.165) is 16.4 Å². The zero-order chi connectivity index (χ0) is 13.3. The number of para-hydroxylation sites is 1. The minimum Gasteiger partial charge on any atom is -0.270 e. The predicted octanol–water partition coefficient (Wildman–Crippen LogP) is 0.563. The van der Waals surface area contributed by atoms with Crippen LogP contribution >= 0.6 is 0 Å². The average Bonchev–Trinajstić information content (AvgIpc) is 2.15. The molecule has 0 heterocycles. The van der Waals surface area contributed by atoms with Crippen molar-refractivity contribution in [1.82, 2.24) is 4.31 Å². The summed E-state index contributed by atoms with van der Waals surface area (Å²) < 4.78 is 60.2. The summed E-state index contributed by atoms with van der Waals surface area (Å²) >= 11 is 0. The lowest BCUT2D eigenvalue weighted by Gasteiger charge is -2.14. The fraction of sp³-hybridized carbons (Fsp3) is 0.250. The molecule has 0 aliphatic heterocycles. The maximum absolute atomic E-state index is 12.9. The first-order chi connectivity index (χ1) is 7.64. The molecule has 9 heteroatoms. The summed E-state index contributed by atoms with van der Waals surface area (Å²) in [6.07, 6.45) is 0. The van der Waals surface area contributed by atoms with Crippen molar-refractivity contribution in [3.63, 3.8) is 0 Å². The second kappa shape index (κ2) is 4.59. The van der Waals surface area contributed by atoms with Gasteiger partial charge in [-0.05, 0) is 12.1 Å². The van der Waals surface area contributed by atoms with Crippen LogP contribution in [0.3, 0.4) is 0 Å². The largest absolute Gasteiger partial charge is 0.334 e. The molecule has 96 valence electrons. The molecule has 0 atom stereocenters. The molecule has 1 rings (SSSR count). The van der Waals surface area contributed by atoms with E-state index >= 15 is 0 Å². The quantitative estimate of drug-likeness (QED) is 0.818. The Bertz CT molecular complexity index is 610.